The molecule has 0 saturated heterocycles. The van der Waals surface area contributed by atoms with Gasteiger partial charge in [-0.1, -0.05) is 11.6 Å². The van der Waals surface area contributed by atoms with Crippen LogP contribution in [0.15, 0.2) is 30.6 Å². The Balaban J connectivity index is 2.10. The van der Waals surface area contributed by atoms with Gasteiger partial charge in [0.05, 0.1) is 28.9 Å². The summed E-state index contributed by atoms with van der Waals surface area (Å²) in [6.07, 6.45) is 4.83. The predicted octanol–water partition coefficient (Wildman–Crippen LogP) is 2.54. The normalized spacial score (nSPS) is 11.4. The number of hydrogen-bond acceptors (Lipinski definition) is 4. The molecule has 1 aromatic heterocycles. The molecule has 0 spiro atoms. The third kappa shape index (κ3) is 4.64. The van der Waals surface area contributed by atoms with E-state index in [2.05, 4.69) is 15.1 Å². The van der Waals surface area contributed by atoms with Crippen LogP contribution in [0.5, 0.6) is 0 Å². The van der Waals surface area contributed by atoms with Crippen molar-refractivity contribution in [3.05, 3.63) is 41.2 Å². The highest BCUT2D eigenvalue weighted by atomic mass is 35.5. The van der Waals surface area contributed by atoms with E-state index < -0.39 is 10.0 Å². The summed E-state index contributed by atoms with van der Waals surface area (Å²) in [5.41, 5.74) is 2.15. The molecule has 0 aliphatic rings. The maximum Gasteiger partial charge on any atom is 0.229 e. The van der Waals surface area contributed by atoms with Gasteiger partial charge in [-0.2, -0.15) is 5.10 Å². The lowest BCUT2D eigenvalue weighted by atomic mass is 10.2. The van der Waals surface area contributed by atoms with E-state index in [9.17, 15) is 8.42 Å². The number of nitrogens with one attached hydrogen (secondary N) is 2. The third-order valence-corrected chi connectivity index (χ3v) is 3.70. The summed E-state index contributed by atoms with van der Waals surface area (Å²) in [6, 6.07) is 4.92. The Bertz CT molecular complexity index is 728. The number of hydrogen-bond donors (Lipinski definition) is 2. The van der Waals surface area contributed by atoms with Gasteiger partial charge in [0.15, 0.2) is 0 Å². The second-order valence-electron chi connectivity index (χ2n) is 4.63. The van der Waals surface area contributed by atoms with Gasteiger partial charge in [-0.25, -0.2) is 8.42 Å². The molecule has 2 rings (SSSR count). The first-order valence-corrected chi connectivity index (χ1v) is 8.67. The van der Waals surface area contributed by atoms with Crippen molar-refractivity contribution < 1.29 is 8.42 Å². The van der Waals surface area contributed by atoms with Gasteiger partial charge in [-0.05, 0) is 25.1 Å². The molecular formula is C13H17ClN4O2S. The van der Waals surface area contributed by atoms with Gasteiger partial charge < -0.3 is 5.32 Å². The van der Waals surface area contributed by atoms with Crippen molar-refractivity contribution in [2.45, 2.75) is 20.0 Å². The summed E-state index contributed by atoms with van der Waals surface area (Å²) in [4.78, 5) is 0. The summed E-state index contributed by atoms with van der Waals surface area (Å²) in [5, 5.41) is 7.89. The van der Waals surface area contributed by atoms with E-state index in [1.165, 1.54) is 0 Å². The zero-order valence-electron chi connectivity index (χ0n) is 11.8. The molecule has 8 heteroatoms. The Morgan fingerprint density at radius 1 is 1.38 bits per heavy atom. The van der Waals surface area contributed by atoms with E-state index in [-0.39, 0.29) is 0 Å². The summed E-state index contributed by atoms with van der Waals surface area (Å²) in [7, 11) is -3.31. The fourth-order valence-electron chi connectivity index (χ4n) is 1.81. The highest BCUT2D eigenvalue weighted by Gasteiger charge is 2.06. The molecule has 0 aliphatic heterocycles. The monoisotopic (exact) mass is 328 g/mol. The summed E-state index contributed by atoms with van der Waals surface area (Å²) in [6.45, 7) is 3.39. The van der Waals surface area contributed by atoms with Crippen molar-refractivity contribution in [3.8, 4) is 0 Å². The number of aromatic nitrogens is 2. The van der Waals surface area contributed by atoms with Crippen LogP contribution in [0.4, 0.5) is 11.4 Å². The lowest BCUT2D eigenvalue weighted by Gasteiger charge is -2.10. The number of aryl methyl sites for hydroxylation is 1. The van der Waals surface area contributed by atoms with Crippen LogP contribution in [0, 0.1) is 0 Å². The maximum absolute atomic E-state index is 11.2. The Labute approximate surface area is 129 Å². The molecule has 2 aromatic rings. The average molecular weight is 329 g/mol. The molecule has 0 radical (unpaired) electrons. The minimum Gasteiger partial charge on any atom is -0.380 e. The number of nitrogens with zero attached hydrogens (tertiary/aromatic N) is 2. The largest absolute Gasteiger partial charge is 0.380 e. The fraction of sp³-hybridized carbons (Fsp3) is 0.308. The van der Waals surface area contributed by atoms with Crippen molar-refractivity contribution in [2.24, 2.45) is 0 Å². The molecule has 1 aromatic carbocycles. The Morgan fingerprint density at radius 2 is 2.14 bits per heavy atom. The SMILES string of the molecule is CCn1cc(CNc2cc(NS(C)(=O)=O)ccc2Cl)cn1. The van der Waals surface area contributed by atoms with Gasteiger partial charge in [0.2, 0.25) is 10.0 Å². The van der Waals surface area contributed by atoms with Crippen molar-refractivity contribution >= 4 is 33.0 Å². The molecule has 0 amide bonds. The Kier molecular flexibility index (Phi) is 4.74. The molecule has 0 bridgehead atoms. The first-order chi connectivity index (χ1) is 9.87. The fourth-order valence-corrected chi connectivity index (χ4v) is 2.55. The topological polar surface area (TPSA) is 76.0 Å². The van der Waals surface area contributed by atoms with Crippen LogP contribution in [0.2, 0.25) is 5.02 Å². The zero-order chi connectivity index (χ0) is 15.5. The van der Waals surface area contributed by atoms with Gasteiger partial charge in [0.25, 0.3) is 0 Å². The number of benzene rings is 1. The third-order valence-electron chi connectivity index (χ3n) is 2.76. The first kappa shape index (κ1) is 15.7. The molecular weight excluding hydrogens is 312 g/mol. The summed E-state index contributed by atoms with van der Waals surface area (Å²) < 4.78 is 26.7. The minimum atomic E-state index is -3.31. The van der Waals surface area contributed by atoms with Gasteiger partial charge >= 0.3 is 0 Å². The standard InChI is InChI=1S/C13H17ClN4O2S/c1-3-18-9-10(8-16-18)7-15-13-6-11(4-5-12(13)14)17-21(2,19)20/h4-6,8-9,15,17H,3,7H2,1-2H3. The minimum absolute atomic E-state index is 0.466. The van der Waals surface area contributed by atoms with E-state index in [4.69, 9.17) is 11.6 Å². The second-order valence-corrected chi connectivity index (χ2v) is 6.78. The molecule has 2 N–H and O–H groups in total. The van der Waals surface area contributed by atoms with Crippen molar-refractivity contribution in [1.82, 2.24) is 9.78 Å². The number of rotatable bonds is 6. The molecule has 0 unspecified atom stereocenters. The van der Waals surface area contributed by atoms with E-state index in [0.717, 1.165) is 18.4 Å². The lowest BCUT2D eigenvalue weighted by molar-refractivity contribution is 0.607. The maximum atomic E-state index is 11.2. The molecule has 6 nitrogen and oxygen atoms in total. The number of sulfonamides is 1. The molecule has 0 aliphatic carbocycles. The van der Waals surface area contributed by atoms with Crippen LogP contribution < -0.4 is 10.0 Å². The molecule has 0 saturated carbocycles. The molecule has 1 heterocycles. The van der Waals surface area contributed by atoms with Crippen LogP contribution in [-0.4, -0.2) is 24.5 Å². The lowest BCUT2D eigenvalue weighted by Crippen LogP contribution is -2.10. The van der Waals surface area contributed by atoms with E-state index >= 15 is 0 Å². The number of anilines is 2. The van der Waals surface area contributed by atoms with Crippen LogP contribution >= 0.6 is 11.6 Å². The second kappa shape index (κ2) is 6.36. The summed E-state index contributed by atoms with van der Waals surface area (Å²) >= 11 is 6.11. The number of halogens is 1. The van der Waals surface area contributed by atoms with E-state index in [0.29, 0.717) is 22.9 Å². The van der Waals surface area contributed by atoms with E-state index in [1.54, 1.807) is 24.4 Å². The smallest absolute Gasteiger partial charge is 0.229 e. The zero-order valence-corrected chi connectivity index (χ0v) is 13.4. The molecule has 0 fully saturated rings. The van der Waals surface area contributed by atoms with Gasteiger partial charge in [-0.3, -0.25) is 9.40 Å². The van der Waals surface area contributed by atoms with Crippen LogP contribution in [0.25, 0.3) is 0 Å². The highest BCUT2D eigenvalue weighted by molar-refractivity contribution is 7.92. The Morgan fingerprint density at radius 3 is 2.76 bits per heavy atom. The molecule has 21 heavy (non-hydrogen) atoms. The van der Waals surface area contributed by atoms with Gasteiger partial charge in [-0.15, -0.1) is 0 Å². The first-order valence-electron chi connectivity index (χ1n) is 6.40. The molecule has 0 atom stereocenters. The summed E-state index contributed by atoms with van der Waals surface area (Å²) in [5.74, 6) is 0. The van der Waals surface area contributed by atoms with Crippen molar-refractivity contribution in [3.63, 3.8) is 0 Å². The average Bonchev–Trinajstić information content (AvgIpc) is 2.86. The van der Waals surface area contributed by atoms with Crippen LogP contribution in [0.3, 0.4) is 0 Å². The Hall–Kier alpha value is -1.73. The highest BCUT2D eigenvalue weighted by Crippen LogP contribution is 2.26. The van der Waals surface area contributed by atoms with Gasteiger partial charge in [0, 0.05) is 24.8 Å². The quantitative estimate of drug-likeness (QED) is 0.854. The predicted molar refractivity (Wildman–Crippen MR) is 85.1 cm³/mol. The van der Waals surface area contributed by atoms with E-state index in [1.807, 2.05) is 17.8 Å². The van der Waals surface area contributed by atoms with Crippen molar-refractivity contribution in [1.29, 1.82) is 0 Å². The van der Waals surface area contributed by atoms with Crippen molar-refractivity contribution in [2.75, 3.05) is 16.3 Å². The molecule has 114 valence electrons. The van der Waals surface area contributed by atoms with Gasteiger partial charge in [0.1, 0.15) is 0 Å². The van der Waals surface area contributed by atoms with Crippen LogP contribution in [0.1, 0.15) is 12.5 Å². The van der Waals surface area contributed by atoms with Crippen LogP contribution in [-0.2, 0) is 23.1 Å².